The van der Waals surface area contributed by atoms with Crippen LogP contribution >= 0.6 is 11.6 Å². The quantitative estimate of drug-likeness (QED) is 0.489. The normalized spacial score (nSPS) is 13.7. The fraction of sp³-hybridized carbons (Fsp3) is 0.412. The van der Waals surface area contributed by atoms with Crippen molar-refractivity contribution in [2.75, 3.05) is 7.11 Å². The first-order valence-electron chi connectivity index (χ1n) is 7.29. The number of halogens is 1. The SMILES string of the molecule is COc1c(C)c2c(c(O)c1C/C=C(\C)CCC(=O)Cl)C(=O)OC2. The molecule has 1 aliphatic rings. The van der Waals surface area contributed by atoms with Crippen LogP contribution in [0.15, 0.2) is 11.6 Å². The Kier molecular flexibility index (Phi) is 5.31. The number of rotatable bonds is 6. The van der Waals surface area contributed by atoms with Crippen LogP contribution in [0.2, 0.25) is 0 Å². The molecule has 0 amide bonds. The summed E-state index contributed by atoms with van der Waals surface area (Å²) >= 11 is 5.34. The summed E-state index contributed by atoms with van der Waals surface area (Å²) in [7, 11) is 1.53. The highest BCUT2D eigenvalue weighted by atomic mass is 35.5. The highest BCUT2D eigenvalue weighted by Gasteiger charge is 2.31. The summed E-state index contributed by atoms with van der Waals surface area (Å²) in [4.78, 5) is 22.6. The first-order chi connectivity index (χ1) is 10.9. The molecule has 1 aromatic rings. The van der Waals surface area contributed by atoms with Gasteiger partial charge in [0.1, 0.15) is 23.7 Å². The van der Waals surface area contributed by atoms with E-state index < -0.39 is 5.97 Å². The molecule has 0 atom stereocenters. The third-order valence-electron chi connectivity index (χ3n) is 4.02. The monoisotopic (exact) mass is 338 g/mol. The number of fused-ring (bicyclic) bond motifs is 1. The summed E-state index contributed by atoms with van der Waals surface area (Å²) < 4.78 is 10.4. The molecule has 5 nitrogen and oxygen atoms in total. The van der Waals surface area contributed by atoms with Crippen LogP contribution in [0.4, 0.5) is 0 Å². The summed E-state index contributed by atoms with van der Waals surface area (Å²) in [5, 5.41) is 10.1. The highest BCUT2D eigenvalue weighted by Crippen LogP contribution is 2.42. The van der Waals surface area contributed by atoms with Crippen molar-refractivity contribution in [1.82, 2.24) is 0 Å². The van der Waals surface area contributed by atoms with Gasteiger partial charge in [-0.25, -0.2) is 4.79 Å². The Morgan fingerprint density at radius 1 is 1.43 bits per heavy atom. The zero-order valence-corrected chi connectivity index (χ0v) is 14.1. The molecule has 1 aromatic carbocycles. The van der Waals surface area contributed by atoms with Gasteiger partial charge in [-0.2, -0.15) is 0 Å². The van der Waals surface area contributed by atoms with E-state index in [1.165, 1.54) is 7.11 Å². The molecule has 0 bridgehead atoms. The molecule has 0 fully saturated rings. The molecule has 6 heteroatoms. The van der Waals surface area contributed by atoms with E-state index in [1.807, 2.05) is 19.9 Å². The fourth-order valence-electron chi connectivity index (χ4n) is 2.70. The number of hydrogen-bond donors (Lipinski definition) is 1. The molecule has 0 spiro atoms. The number of cyclic esters (lactones) is 1. The van der Waals surface area contributed by atoms with Gasteiger partial charge in [0.05, 0.1) is 7.11 Å². The molecule has 23 heavy (non-hydrogen) atoms. The summed E-state index contributed by atoms with van der Waals surface area (Å²) in [5.41, 5.74) is 3.20. The number of esters is 1. The van der Waals surface area contributed by atoms with E-state index in [-0.39, 0.29) is 29.6 Å². The van der Waals surface area contributed by atoms with Crippen molar-refractivity contribution in [2.45, 2.75) is 39.7 Å². The van der Waals surface area contributed by atoms with Crippen LogP contribution in [0.1, 0.15) is 46.8 Å². The number of phenols is 1. The Hall–Kier alpha value is -2.01. The second-order valence-electron chi connectivity index (χ2n) is 5.52. The predicted octanol–water partition coefficient (Wildman–Crippen LogP) is 3.41. The molecule has 1 N–H and O–H groups in total. The summed E-state index contributed by atoms with van der Waals surface area (Å²) in [5.74, 6) is -0.0580. The largest absolute Gasteiger partial charge is 0.507 e. The van der Waals surface area contributed by atoms with Gasteiger partial charge in [-0.3, -0.25) is 4.79 Å². The standard InChI is InChI=1S/C17H19ClO5/c1-9(5-7-13(18)19)4-6-11-15(20)14-12(8-23-17(14)21)10(2)16(11)22-3/h4,20H,5-8H2,1-3H3/b9-4+. The number of methoxy groups -OCH3 is 1. The molecule has 0 aromatic heterocycles. The van der Waals surface area contributed by atoms with Crippen LogP contribution in [-0.4, -0.2) is 23.4 Å². The molecule has 1 aliphatic heterocycles. The number of carbonyl (C=O) groups excluding carboxylic acids is 2. The van der Waals surface area contributed by atoms with Gasteiger partial charge in [-0.1, -0.05) is 11.6 Å². The predicted molar refractivity (Wildman–Crippen MR) is 86.1 cm³/mol. The second-order valence-corrected chi connectivity index (χ2v) is 5.95. The smallest absolute Gasteiger partial charge is 0.342 e. The van der Waals surface area contributed by atoms with E-state index in [9.17, 15) is 14.7 Å². The molecule has 0 saturated carbocycles. The van der Waals surface area contributed by atoms with Crippen LogP contribution in [0.3, 0.4) is 0 Å². The number of ether oxygens (including phenoxy) is 2. The lowest BCUT2D eigenvalue weighted by atomic mass is 9.94. The minimum atomic E-state index is -0.516. The van der Waals surface area contributed by atoms with E-state index in [0.717, 1.165) is 11.1 Å². The van der Waals surface area contributed by atoms with E-state index in [4.69, 9.17) is 21.1 Å². The first-order valence-corrected chi connectivity index (χ1v) is 7.67. The van der Waals surface area contributed by atoms with E-state index in [2.05, 4.69) is 0 Å². The van der Waals surface area contributed by atoms with Crippen molar-refractivity contribution in [3.8, 4) is 11.5 Å². The summed E-state index contributed by atoms with van der Waals surface area (Å²) in [6.07, 6.45) is 3.10. The van der Waals surface area contributed by atoms with E-state index >= 15 is 0 Å². The number of aromatic hydroxyl groups is 1. The molecule has 0 aliphatic carbocycles. The lowest BCUT2D eigenvalue weighted by Crippen LogP contribution is -2.03. The molecular formula is C17H19ClO5. The van der Waals surface area contributed by atoms with Crippen LogP contribution in [0.5, 0.6) is 11.5 Å². The summed E-state index contributed by atoms with van der Waals surface area (Å²) in [6, 6.07) is 0. The van der Waals surface area contributed by atoms with Crippen molar-refractivity contribution >= 4 is 22.8 Å². The third-order valence-corrected chi connectivity index (χ3v) is 4.21. The number of benzene rings is 1. The third kappa shape index (κ3) is 3.50. The first kappa shape index (κ1) is 17.3. The molecule has 1 heterocycles. The fourth-order valence-corrected chi connectivity index (χ4v) is 2.80. The van der Waals surface area contributed by atoms with Crippen LogP contribution in [0.25, 0.3) is 0 Å². The Morgan fingerprint density at radius 2 is 2.13 bits per heavy atom. The van der Waals surface area contributed by atoms with Crippen LogP contribution < -0.4 is 4.74 Å². The van der Waals surface area contributed by atoms with E-state index in [1.54, 1.807) is 0 Å². The minimum Gasteiger partial charge on any atom is -0.507 e. The Bertz CT molecular complexity index is 691. The lowest BCUT2D eigenvalue weighted by molar-refractivity contribution is -0.111. The van der Waals surface area contributed by atoms with Gasteiger partial charge in [0.15, 0.2) is 0 Å². The zero-order chi connectivity index (χ0) is 17.1. The van der Waals surface area contributed by atoms with E-state index in [0.29, 0.717) is 29.7 Å². The van der Waals surface area contributed by atoms with Crippen molar-refractivity contribution < 1.29 is 24.2 Å². The van der Waals surface area contributed by atoms with Gasteiger partial charge in [0.25, 0.3) is 0 Å². The topological polar surface area (TPSA) is 72.8 Å². The van der Waals surface area contributed by atoms with Gasteiger partial charge in [-0.05, 0) is 43.9 Å². The van der Waals surface area contributed by atoms with Crippen molar-refractivity contribution in [3.05, 3.63) is 33.9 Å². The molecular weight excluding hydrogens is 320 g/mol. The van der Waals surface area contributed by atoms with Crippen LogP contribution in [0, 0.1) is 6.92 Å². The van der Waals surface area contributed by atoms with Crippen molar-refractivity contribution in [2.24, 2.45) is 0 Å². The summed E-state index contributed by atoms with van der Waals surface area (Å²) in [6.45, 7) is 3.88. The number of allylic oxidation sites excluding steroid dienone is 2. The second kappa shape index (κ2) is 7.04. The van der Waals surface area contributed by atoms with Gasteiger partial charge in [-0.15, -0.1) is 0 Å². The van der Waals surface area contributed by atoms with Crippen molar-refractivity contribution in [1.29, 1.82) is 0 Å². The zero-order valence-electron chi connectivity index (χ0n) is 13.4. The van der Waals surface area contributed by atoms with Gasteiger partial charge in [0.2, 0.25) is 5.24 Å². The maximum absolute atomic E-state index is 11.8. The minimum absolute atomic E-state index is 0.0950. The van der Waals surface area contributed by atoms with Gasteiger partial charge < -0.3 is 14.6 Å². The Labute approximate surface area is 139 Å². The molecule has 0 unspecified atom stereocenters. The average Bonchev–Trinajstić information content (AvgIpc) is 2.89. The maximum atomic E-state index is 11.8. The molecule has 0 radical (unpaired) electrons. The van der Waals surface area contributed by atoms with Gasteiger partial charge >= 0.3 is 5.97 Å². The lowest BCUT2D eigenvalue weighted by Gasteiger charge is -2.15. The number of hydrogen-bond acceptors (Lipinski definition) is 5. The number of phenolic OH excluding ortho intramolecular Hbond substituents is 1. The maximum Gasteiger partial charge on any atom is 0.342 e. The van der Waals surface area contributed by atoms with Gasteiger partial charge in [0, 0.05) is 17.5 Å². The van der Waals surface area contributed by atoms with Crippen LogP contribution in [-0.2, 0) is 22.6 Å². The molecule has 0 saturated heterocycles. The molecule has 2 rings (SSSR count). The average molecular weight is 339 g/mol. The molecule has 124 valence electrons. The Balaban J connectivity index is 2.37. The highest BCUT2D eigenvalue weighted by molar-refractivity contribution is 6.63. The Morgan fingerprint density at radius 3 is 2.74 bits per heavy atom. The van der Waals surface area contributed by atoms with Crippen molar-refractivity contribution in [3.63, 3.8) is 0 Å². The number of carbonyl (C=O) groups is 2.